The lowest BCUT2D eigenvalue weighted by atomic mass is 9.87. The third kappa shape index (κ3) is 4.60. The Bertz CT molecular complexity index is 933. The van der Waals surface area contributed by atoms with Crippen LogP contribution in [0.25, 0.3) is 17.2 Å². The molecule has 2 aromatic carbocycles. The molecule has 161 valence electrons. The molecule has 0 saturated carbocycles. The summed E-state index contributed by atoms with van der Waals surface area (Å²) in [5.74, 6) is 1.12. The molecule has 3 rings (SSSR count). The van der Waals surface area contributed by atoms with E-state index in [9.17, 15) is 0 Å². The molecule has 2 aromatic rings. The monoisotopic (exact) mass is 433 g/mol. The third-order valence-electron chi connectivity index (χ3n) is 6.70. The Morgan fingerprint density at radius 2 is 1.37 bits per heavy atom. The van der Waals surface area contributed by atoms with E-state index in [1.807, 2.05) is 0 Å². The molecule has 0 N–H and O–H groups in total. The van der Waals surface area contributed by atoms with Crippen molar-refractivity contribution in [3.05, 3.63) is 59.0 Å². The average Bonchev–Trinajstić information content (AvgIpc) is 3.08. The van der Waals surface area contributed by atoms with Gasteiger partial charge in [0.25, 0.3) is 0 Å². The van der Waals surface area contributed by atoms with Crippen LogP contribution >= 0.6 is 0 Å². The van der Waals surface area contributed by atoms with E-state index in [1.165, 1.54) is 39.8 Å². The number of hydrogen-bond acceptors (Lipinski definition) is 0. The van der Waals surface area contributed by atoms with Crippen molar-refractivity contribution in [2.24, 2.45) is 5.92 Å². The molecule has 0 nitrogen and oxygen atoms in total. The van der Waals surface area contributed by atoms with Crippen molar-refractivity contribution in [1.82, 2.24) is 0 Å². The van der Waals surface area contributed by atoms with Crippen LogP contribution in [-0.2, 0) is 0 Å². The molecule has 0 aromatic heterocycles. The molecule has 1 atom stereocenters. The van der Waals surface area contributed by atoms with E-state index in [4.69, 9.17) is 0 Å². The minimum absolute atomic E-state index is 0.511. The first kappa shape index (κ1) is 23.3. The maximum absolute atomic E-state index is 2.55. The fourth-order valence-corrected chi connectivity index (χ4v) is 6.78. The first-order valence-electron chi connectivity index (χ1n) is 11.7. The average molecular weight is 434 g/mol. The molecular weight excluding hydrogens is 392 g/mol. The highest BCUT2D eigenvalue weighted by Crippen LogP contribution is 2.42. The highest BCUT2D eigenvalue weighted by Gasteiger charge is 2.27. The summed E-state index contributed by atoms with van der Waals surface area (Å²) < 4.78 is 0. The van der Waals surface area contributed by atoms with Gasteiger partial charge in [-0.05, 0) is 46.1 Å². The first-order chi connectivity index (χ1) is 13.8. The smallest absolute Gasteiger partial charge is 0.0656 e. The summed E-state index contributed by atoms with van der Waals surface area (Å²) in [5.41, 5.74) is 8.75. The lowest BCUT2D eigenvalue weighted by Gasteiger charge is -2.26. The molecule has 0 amide bonds. The predicted molar refractivity (Wildman–Crippen MR) is 143 cm³/mol. The van der Waals surface area contributed by atoms with Gasteiger partial charge in [0, 0.05) is 6.42 Å². The molecule has 1 radical (unpaired) electrons. The Balaban J connectivity index is 2.33. The van der Waals surface area contributed by atoms with E-state index in [2.05, 4.69) is 110 Å². The van der Waals surface area contributed by atoms with Crippen LogP contribution < -0.4 is 10.4 Å². The maximum atomic E-state index is 2.55. The van der Waals surface area contributed by atoms with E-state index in [1.54, 1.807) is 10.4 Å². The van der Waals surface area contributed by atoms with E-state index in [-0.39, 0.29) is 0 Å². The summed E-state index contributed by atoms with van der Waals surface area (Å²) in [6.07, 6.45) is 6.10. The SMILES string of the molecule is CCC(C)C1=Cc2c(ccc(C(C)C)c2-c2cc([Si](C)(C)C)cc([Si](C)(C)C)c2)[CH]1. The molecule has 0 spiro atoms. The molecule has 0 saturated heterocycles. The number of hydrogen-bond donors (Lipinski definition) is 0. The van der Waals surface area contributed by atoms with Crippen LogP contribution in [0.5, 0.6) is 0 Å². The van der Waals surface area contributed by atoms with E-state index in [0.717, 1.165) is 0 Å². The second kappa shape index (κ2) is 8.28. The van der Waals surface area contributed by atoms with Crippen molar-refractivity contribution in [3.8, 4) is 11.1 Å². The Morgan fingerprint density at radius 1 is 0.800 bits per heavy atom. The second-order valence-corrected chi connectivity index (χ2v) is 21.7. The van der Waals surface area contributed by atoms with Gasteiger partial charge in [-0.15, -0.1) is 0 Å². The second-order valence-electron chi connectivity index (χ2n) is 11.6. The van der Waals surface area contributed by atoms with Gasteiger partial charge in [0.05, 0.1) is 16.1 Å². The highest BCUT2D eigenvalue weighted by atomic mass is 28.3. The van der Waals surface area contributed by atoms with Gasteiger partial charge in [0.2, 0.25) is 0 Å². The fourth-order valence-electron chi connectivity index (χ4n) is 4.28. The zero-order valence-corrected chi connectivity index (χ0v) is 22.9. The zero-order valence-electron chi connectivity index (χ0n) is 20.9. The molecule has 30 heavy (non-hydrogen) atoms. The van der Waals surface area contributed by atoms with Gasteiger partial charge < -0.3 is 0 Å². The normalized spacial score (nSPS) is 15.4. The van der Waals surface area contributed by atoms with Crippen molar-refractivity contribution >= 4 is 32.6 Å². The summed E-state index contributed by atoms with van der Waals surface area (Å²) in [6.45, 7) is 24.2. The molecule has 0 bridgehead atoms. The van der Waals surface area contributed by atoms with Crippen molar-refractivity contribution in [2.45, 2.75) is 79.3 Å². The van der Waals surface area contributed by atoms with Crippen molar-refractivity contribution < 1.29 is 0 Å². The van der Waals surface area contributed by atoms with Crippen LogP contribution in [0.1, 0.15) is 56.7 Å². The molecule has 0 aliphatic heterocycles. The molecule has 1 aliphatic rings. The number of benzene rings is 2. The topological polar surface area (TPSA) is 0 Å². The Hall–Kier alpha value is -1.39. The molecule has 1 aliphatic carbocycles. The maximum Gasteiger partial charge on any atom is 0.0776 e. The zero-order chi connectivity index (χ0) is 22.4. The van der Waals surface area contributed by atoms with Gasteiger partial charge >= 0.3 is 0 Å². The van der Waals surface area contributed by atoms with Crippen LogP contribution in [0.2, 0.25) is 39.3 Å². The van der Waals surface area contributed by atoms with Crippen LogP contribution in [0, 0.1) is 12.3 Å². The Morgan fingerprint density at radius 3 is 1.83 bits per heavy atom. The van der Waals surface area contributed by atoms with Crippen LogP contribution in [0.4, 0.5) is 0 Å². The van der Waals surface area contributed by atoms with Crippen LogP contribution in [-0.4, -0.2) is 16.1 Å². The van der Waals surface area contributed by atoms with Gasteiger partial charge in [-0.1, -0.05) is 119 Å². The Labute approximate surface area is 187 Å². The van der Waals surface area contributed by atoms with E-state index < -0.39 is 16.1 Å². The number of fused-ring (bicyclic) bond motifs is 1. The lowest BCUT2D eigenvalue weighted by molar-refractivity contribution is 0.669. The highest BCUT2D eigenvalue weighted by molar-refractivity contribution is 6.91. The Kier molecular flexibility index (Phi) is 6.42. The predicted octanol–water partition coefficient (Wildman–Crippen LogP) is 7.56. The van der Waals surface area contributed by atoms with Gasteiger partial charge in [-0.25, -0.2) is 0 Å². The fraction of sp³-hybridized carbons (Fsp3) is 0.464. The minimum atomic E-state index is -1.42. The van der Waals surface area contributed by atoms with Crippen LogP contribution in [0.3, 0.4) is 0 Å². The van der Waals surface area contributed by atoms with Gasteiger partial charge in [0.15, 0.2) is 0 Å². The summed E-state index contributed by atoms with van der Waals surface area (Å²) in [6, 6.07) is 12.4. The van der Waals surface area contributed by atoms with Crippen LogP contribution in [0.15, 0.2) is 35.9 Å². The van der Waals surface area contributed by atoms with Crippen molar-refractivity contribution in [1.29, 1.82) is 0 Å². The summed E-state index contributed by atoms with van der Waals surface area (Å²) in [4.78, 5) is 0. The number of rotatable bonds is 6. The lowest BCUT2D eigenvalue weighted by Crippen LogP contribution is -2.45. The van der Waals surface area contributed by atoms with Gasteiger partial charge in [-0.3, -0.25) is 0 Å². The number of allylic oxidation sites excluding steroid dienone is 1. The standard InChI is InChI=1S/C28H41Si2/c1-11-20(4)22-14-21-12-13-26(19(2)3)28(27(21)17-22)23-15-24(29(5,6)7)18-25(16-23)30(8,9)10/h12-20H,11H2,1-10H3. The quantitative estimate of drug-likeness (QED) is 0.412. The van der Waals surface area contributed by atoms with Gasteiger partial charge in [-0.2, -0.15) is 0 Å². The van der Waals surface area contributed by atoms with Crippen molar-refractivity contribution in [2.75, 3.05) is 0 Å². The van der Waals surface area contributed by atoms with Crippen molar-refractivity contribution in [3.63, 3.8) is 0 Å². The largest absolute Gasteiger partial charge is 0.0776 e. The molecular formula is C28H41Si2. The molecule has 0 heterocycles. The third-order valence-corrected chi connectivity index (χ3v) is 10.7. The molecule has 1 unspecified atom stereocenters. The molecule has 0 fully saturated rings. The summed E-state index contributed by atoms with van der Waals surface area (Å²) >= 11 is 0. The summed E-state index contributed by atoms with van der Waals surface area (Å²) in [5, 5.41) is 3.19. The summed E-state index contributed by atoms with van der Waals surface area (Å²) in [7, 11) is -2.83. The minimum Gasteiger partial charge on any atom is -0.0656 e. The first-order valence-corrected chi connectivity index (χ1v) is 18.7. The van der Waals surface area contributed by atoms with Gasteiger partial charge in [0.1, 0.15) is 0 Å². The van der Waals surface area contributed by atoms with E-state index in [0.29, 0.717) is 11.8 Å². The molecule has 2 heteroatoms. The van der Waals surface area contributed by atoms with E-state index >= 15 is 0 Å².